The largest absolute Gasteiger partial charge is 0.286 e. The summed E-state index contributed by atoms with van der Waals surface area (Å²) in [4.78, 5) is 0. The molecule has 0 amide bonds. The highest BCUT2D eigenvalue weighted by atomic mass is 15.3. The molecular weight excluding hydrogens is 232 g/mol. The van der Waals surface area contributed by atoms with Crippen LogP contribution in [0.1, 0.15) is 85.0 Å². The Kier molecular flexibility index (Phi) is 13.1. The lowest BCUT2D eigenvalue weighted by molar-refractivity contribution is 0.453. The molecule has 0 saturated heterocycles. The Morgan fingerprint density at radius 3 is 1.95 bits per heavy atom. The molecule has 0 radical (unpaired) electrons. The predicted octanol–water partition coefficient (Wildman–Crippen LogP) is 5.65. The predicted molar refractivity (Wildman–Crippen MR) is 87.4 cm³/mol. The first kappa shape index (κ1) is 18.2. The van der Waals surface area contributed by atoms with Gasteiger partial charge >= 0.3 is 0 Å². The first-order chi connectivity index (χ1) is 9.26. The fraction of sp³-hybridized carbons (Fsp3) is 0.824. The molecule has 0 aliphatic heterocycles. The van der Waals surface area contributed by atoms with E-state index in [-0.39, 0.29) is 0 Å². The monoisotopic (exact) mass is 266 g/mol. The maximum Gasteiger partial charge on any atom is 0.0191 e. The van der Waals surface area contributed by atoms with E-state index in [9.17, 15) is 0 Å². The average molecular weight is 266 g/mol. The molecule has 0 rings (SSSR count). The van der Waals surface area contributed by atoms with Crippen LogP contribution in [0.25, 0.3) is 0 Å². The molecule has 0 unspecified atom stereocenters. The third-order valence-corrected chi connectivity index (χ3v) is 3.84. The van der Waals surface area contributed by atoms with Crippen LogP contribution in [0, 0.1) is 5.92 Å². The number of hydrogen-bond acceptors (Lipinski definition) is 2. The summed E-state index contributed by atoms with van der Waals surface area (Å²) in [6.07, 6.45) is 15.5. The van der Waals surface area contributed by atoms with Gasteiger partial charge in [-0.1, -0.05) is 70.8 Å². The highest BCUT2D eigenvalue weighted by molar-refractivity contribution is 5.22. The maximum atomic E-state index is 3.70. The van der Waals surface area contributed by atoms with Gasteiger partial charge in [0.2, 0.25) is 0 Å². The van der Waals surface area contributed by atoms with E-state index >= 15 is 0 Å². The standard InChI is InChI=1S/C17H34N2/c1-5-7-9-11-13-17(14-12-10-8-6-2)16(3)15-19-18-4/h15,17,19H,4-14H2,1-3H3/b16-15+. The van der Waals surface area contributed by atoms with Crippen molar-refractivity contribution in [1.82, 2.24) is 5.43 Å². The van der Waals surface area contributed by atoms with E-state index in [1.165, 1.54) is 69.8 Å². The minimum atomic E-state index is 0.725. The van der Waals surface area contributed by atoms with E-state index in [2.05, 4.69) is 38.0 Å². The summed E-state index contributed by atoms with van der Waals surface area (Å²) < 4.78 is 0. The molecule has 0 spiro atoms. The van der Waals surface area contributed by atoms with Gasteiger partial charge in [0.15, 0.2) is 0 Å². The number of allylic oxidation sites excluding steroid dienone is 1. The van der Waals surface area contributed by atoms with Crippen molar-refractivity contribution in [2.24, 2.45) is 11.0 Å². The number of rotatable bonds is 13. The summed E-state index contributed by atoms with van der Waals surface area (Å²) in [7, 11) is 0. The molecule has 0 aliphatic rings. The lowest BCUT2D eigenvalue weighted by Crippen LogP contribution is -2.06. The second kappa shape index (κ2) is 13.6. The molecule has 0 fully saturated rings. The Morgan fingerprint density at radius 2 is 1.53 bits per heavy atom. The second-order valence-corrected chi connectivity index (χ2v) is 5.57. The van der Waals surface area contributed by atoms with Crippen LogP contribution in [0.5, 0.6) is 0 Å². The lowest BCUT2D eigenvalue weighted by atomic mass is 9.89. The molecule has 1 N–H and O–H groups in total. The number of hydrogen-bond donors (Lipinski definition) is 1. The molecule has 0 saturated carbocycles. The van der Waals surface area contributed by atoms with Crippen LogP contribution in [0.2, 0.25) is 0 Å². The van der Waals surface area contributed by atoms with E-state index in [1.54, 1.807) is 0 Å². The summed E-state index contributed by atoms with van der Waals surface area (Å²) in [6, 6.07) is 0. The summed E-state index contributed by atoms with van der Waals surface area (Å²) in [5.41, 5.74) is 4.31. The highest BCUT2D eigenvalue weighted by Crippen LogP contribution is 2.24. The van der Waals surface area contributed by atoms with Gasteiger partial charge in [0.05, 0.1) is 0 Å². The van der Waals surface area contributed by atoms with E-state index in [4.69, 9.17) is 0 Å². The van der Waals surface area contributed by atoms with Crippen molar-refractivity contribution < 1.29 is 0 Å². The molecule has 0 aromatic heterocycles. The molecule has 19 heavy (non-hydrogen) atoms. The third-order valence-electron chi connectivity index (χ3n) is 3.84. The topological polar surface area (TPSA) is 24.4 Å². The van der Waals surface area contributed by atoms with Gasteiger partial charge in [-0.05, 0) is 25.7 Å². The fourth-order valence-corrected chi connectivity index (χ4v) is 2.50. The van der Waals surface area contributed by atoms with Crippen molar-refractivity contribution in [3.8, 4) is 0 Å². The summed E-state index contributed by atoms with van der Waals surface area (Å²) in [5.74, 6) is 0.725. The zero-order valence-corrected chi connectivity index (χ0v) is 13.4. The minimum absolute atomic E-state index is 0.725. The lowest BCUT2D eigenvalue weighted by Gasteiger charge is -2.18. The molecule has 0 heterocycles. The molecule has 0 bridgehead atoms. The van der Waals surface area contributed by atoms with Crippen LogP contribution >= 0.6 is 0 Å². The number of unbranched alkanes of at least 4 members (excludes halogenated alkanes) is 6. The van der Waals surface area contributed by atoms with Crippen LogP contribution < -0.4 is 5.43 Å². The molecule has 0 aromatic rings. The van der Waals surface area contributed by atoms with Crippen molar-refractivity contribution in [3.63, 3.8) is 0 Å². The second-order valence-electron chi connectivity index (χ2n) is 5.57. The Balaban J connectivity index is 4.09. The number of nitrogens with one attached hydrogen (secondary N) is 1. The third kappa shape index (κ3) is 10.8. The van der Waals surface area contributed by atoms with Gasteiger partial charge in [0.1, 0.15) is 0 Å². The molecule has 0 aliphatic carbocycles. The summed E-state index contributed by atoms with van der Waals surface area (Å²) in [6.45, 7) is 10.2. The van der Waals surface area contributed by atoms with E-state index < -0.39 is 0 Å². The van der Waals surface area contributed by atoms with Crippen molar-refractivity contribution in [2.45, 2.75) is 85.0 Å². The van der Waals surface area contributed by atoms with Crippen LogP contribution in [-0.4, -0.2) is 6.72 Å². The van der Waals surface area contributed by atoms with E-state index in [0.29, 0.717) is 0 Å². The summed E-state index contributed by atoms with van der Waals surface area (Å²) >= 11 is 0. The summed E-state index contributed by atoms with van der Waals surface area (Å²) in [5, 5.41) is 3.70. The van der Waals surface area contributed by atoms with Gasteiger partial charge in [-0.3, -0.25) is 5.43 Å². The van der Waals surface area contributed by atoms with Gasteiger partial charge in [-0.25, -0.2) is 0 Å². The molecule has 0 aromatic carbocycles. The van der Waals surface area contributed by atoms with E-state index in [0.717, 1.165) is 5.92 Å². The van der Waals surface area contributed by atoms with Crippen LogP contribution in [-0.2, 0) is 0 Å². The quantitative estimate of drug-likeness (QED) is 0.260. The Morgan fingerprint density at radius 1 is 1.00 bits per heavy atom. The average Bonchev–Trinajstić information content (AvgIpc) is 2.43. The number of nitrogens with zero attached hydrogens (tertiary/aromatic N) is 1. The van der Waals surface area contributed by atoms with Crippen LogP contribution in [0.3, 0.4) is 0 Å². The van der Waals surface area contributed by atoms with Crippen LogP contribution in [0.4, 0.5) is 0 Å². The highest BCUT2D eigenvalue weighted by Gasteiger charge is 2.10. The SMILES string of the molecule is C=NN/C=C(\C)C(CCCCCC)CCCCCC. The zero-order valence-electron chi connectivity index (χ0n) is 13.4. The van der Waals surface area contributed by atoms with Crippen molar-refractivity contribution >= 4 is 6.72 Å². The molecule has 0 atom stereocenters. The van der Waals surface area contributed by atoms with E-state index in [1.807, 2.05) is 6.20 Å². The maximum absolute atomic E-state index is 3.70. The normalized spacial score (nSPS) is 11.9. The van der Waals surface area contributed by atoms with Gasteiger partial charge in [0.25, 0.3) is 0 Å². The Labute approximate surface area is 120 Å². The van der Waals surface area contributed by atoms with Gasteiger partial charge in [0, 0.05) is 12.9 Å². The smallest absolute Gasteiger partial charge is 0.0191 e. The Hall–Kier alpha value is -0.790. The fourth-order valence-electron chi connectivity index (χ4n) is 2.50. The minimum Gasteiger partial charge on any atom is -0.286 e. The molecule has 2 heteroatoms. The van der Waals surface area contributed by atoms with Gasteiger partial charge in [-0.2, -0.15) is 5.10 Å². The molecular formula is C17H34N2. The Bertz CT molecular complexity index is 221. The molecule has 2 nitrogen and oxygen atoms in total. The number of hydrazone groups is 1. The van der Waals surface area contributed by atoms with Gasteiger partial charge < -0.3 is 0 Å². The van der Waals surface area contributed by atoms with Crippen molar-refractivity contribution in [2.75, 3.05) is 0 Å². The molecule has 112 valence electrons. The first-order valence-corrected chi connectivity index (χ1v) is 8.14. The van der Waals surface area contributed by atoms with Crippen LogP contribution in [0.15, 0.2) is 16.9 Å². The van der Waals surface area contributed by atoms with Crippen molar-refractivity contribution in [3.05, 3.63) is 11.8 Å². The zero-order chi connectivity index (χ0) is 14.3. The first-order valence-electron chi connectivity index (χ1n) is 8.14. The van der Waals surface area contributed by atoms with Crippen molar-refractivity contribution in [1.29, 1.82) is 0 Å². The van der Waals surface area contributed by atoms with Gasteiger partial charge in [-0.15, -0.1) is 0 Å².